The van der Waals surface area contributed by atoms with E-state index in [1.54, 1.807) is 13.2 Å². The van der Waals surface area contributed by atoms with Crippen LogP contribution >= 0.6 is 0 Å². The summed E-state index contributed by atoms with van der Waals surface area (Å²) in [5, 5.41) is 2.84. The number of rotatable bonds is 7. The molecular formula is C23H21N3O3. The maximum Gasteiger partial charge on any atom is 0.258 e. The molecule has 1 aromatic heterocycles. The van der Waals surface area contributed by atoms with E-state index in [0.29, 0.717) is 18.0 Å². The number of aromatic nitrogens is 2. The summed E-state index contributed by atoms with van der Waals surface area (Å²) in [6.45, 7) is 0.373. The highest BCUT2D eigenvalue weighted by Crippen LogP contribution is 2.32. The van der Waals surface area contributed by atoms with E-state index in [1.165, 1.54) is 0 Å². The van der Waals surface area contributed by atoms with Gasteiger partial charge in [0.25, 0.3) is 5.91 Å². The molecule has 0 radical (unpaired) electrons. The third kappa shape index (κ3) is 4.38. The zero-order valence-corrected chi connectivity index (χ0v) is 16.0. The fraction of sp³-hybridized carbons (Fsp3) is 0.130. The molecule has 0 fully saturated rings. The first-order valence-corrected chi connectivity index (χ1v) is 9.29. The van der Waals surface area contributed by atoms with Crippen molar-refractivity contribution >= 4 is 16.9 Å². The van der Waals surface area contributed by atoms with E-state index in [9.17, 15) is 4.79 Å². The monoisotopic (exact) mass is 387 g/mol. The molecule has 6 nitrogen and oxygen atoms in total. The Morgan fingerprint density at radius 2 is 1.79 bits per heavy atom. The molecule has 0 unspecified atom stereocenters. The number of amides is 1. The summed E-state index contributed by atoms with van der Waals surface area (Å²) in [6.07, 6.45) is 0. The minimum absolute atomic E-state index is 0.0901. The number of methoxy groups -OCH3 is 1. The summed E-state index contributed by atoms with van der Waals surface area (Å²) in [6, 6.07) is 23.1. The van der Waals surface area contributed by atoms with Crippen LogP contribution in [-0.4, -0.2) is 29.6 Å². The Hall–Kier alpha value is -3.80. The van der Waals surface area contributed by atoms with Crippen LogP contribution < -0.4 is 14.8 Å². The van der Waals surface area contributed by atoms with Crippen molar-refractivity contribution in [2.24, 2.45) is 0 Å². The minimum Gasteiger partial charge on any atom is -0.493 e. The minimum atomic E-state index is -0.197. The van der Waals surface area contributed by atoms with E-state index in [0.717, 1.165) is 28.0 Å². The Kier molecular flexibility index (Phi) is 5.42. The Morgan fingerprint density at radius 1 is 1.00 bits per heavy atom. The normalized spacial score (nSPS) is 10.7. The lowest BCUT2D eigenvalue weighted by Gasteiger charge is -2.12. The van der Waals surface area contributed by atoms with Gasteiger partial charge in [-0.15, -0.1) is 0 Å². The molecule has 0 saturated heterocycles. The fourth-order valence-electron chi connectivity index (χ4n) is 3.01. The second-order valence-electron chi connectivity index (χ2n) is 6.52. The van der Waals surface area contributed by atoms with Crippen molar-refractivity contribution in [2.45, 2.75) is 6.54 Å². The Bertz CT molecular complexity index is 1090. The second kappa shape index (κ2) is 8.48. The van der Waals surface area contributed by atoms with Crippen LogP contribution in [0.3, 0.4) is 0 Å². The maximum atomic E-state index is 12.1. The summed E-state index contributed by atoms with van der Waals surface area (Å²) >= 11 is 0. The first-order chi connectivity index (χ1) is 14.2. The van der Waals surface area contributed by atoms with Gasteiger partial charge in [-0.25, -0.2) is 4.98 Å². The highest BCUT2D eigenvalue weighted by Gasteiger charge is 2.12. The number of fused-ring (bicyclic) bond motifs is 1. The molecule has 0 spiro atoms. The van der Waals surface area contributed by atoms with Crippen molar-refractivity contribution in [3.63, 3.8) is 0 Å². The summed E-state index contributed by atoms with van der Waals surface area (Å²) in [5.74, 6) is 1.59. The summed E-state index contributed by atoms with van der Waals surface area (Å²) in [4.78, 5) is 20.0. The first kappa shape index (κ1) is 18.6. The number of carbonyl (C=O) groups is 1. The van der Waals surface area contributed by atoms with Crippen LogP contribution in [0, 0.1) is 0 Å². The van der Waals surface area contributed by atoms with Gasteiger partial charge in [-0.3, -0.25) is 4.79 Å². The summed E-state index contributed by atoms with van der Waals surface area (Å²) < 4.78 is 11.1. The molecule has 29 heavy (non-hydrogen) atoms. The van der Waals surface area contributed by atoms with Crippen LogP contribution in [0.15, 0.2) is 72.8 Å². The van der Waals surface area contributed by atoms with Crippen LogP contribution in [0.1, 0.15) is 5.56 Å². The lowest BCUT2D eigenvalue weighted by Crippen LogP contribution is -2.28. The number of carbonyl (C=O) groups excluding carboxylic acids is 1. The van der Waals surface area contributed by atoms with Gasteiger partial charge in [0.2, 0.25) is 0 Å². The quantitative estimate of drug-likeness (QED) is 0.504. The molecule has 146 valence electrons. The molecule has 0 aliphatic carbocycles. The number of ether oxygens (including phenoxy) is 2. The highest BCUT2D eigenvalue weighted by molar-refractivity contribution is 5.80. The molecule has 0 aliphatic heterocycles. The highest BCUT2D eigenvalue weighted by atomic mass is 16.5. The largest absolute Gasteiger partial charge is 0.493 e. The van der Waals surface area contributed by atoms with Gasteiger partial charge in [-0.2, -0.15) is 0 Å². The number of hydrogen-bond donors (Lipinski definition) is 2. The number of H-pyrrole nitrogens is 1. The van der Waals surface area contributed by atoms with Crippen LogP contribution in [0.5, 0.6) is 11.5 Å². The average molecular weight is 387 g/mol. The lowest BCUT2D eigenvalue weighted by molar-refractivity contribution is -0.123. The van der Waals surface area contributed by atoms with E-state index in [-0.39, 0.29) is 12.5 Å². The van der Waals surface area contributed by atoms with Crippen LogP contribution in [-0.2, 0) is 11.3 Å². The number of imidazole rings is 1. The number of aromatic amines is 1. The third-order valence-electron chi connectivity index (χ3n) is 4.52. The van der Waals surface area contributed by atoms with Gasteiger partial charge >= 0.3 is 0 Å². The van der Waals surface area contributed by atoms with Gasteiger partial charge in [0.15, 0.2) is 18.1 Å². The topological polar surface area (TPSA) is 76.2 Å². The Labute approximate surface area is 168 Å². The molecular weight excluding hydrogens is 366 g/mol. The SMILES string of the molecule is COc1cc(-c2nc3ccccc3[nH]2)ccc1OCC(=O)NCc1ccccc1. The Morgan fingerprint density at radius 3 is 2.59 bits per heavy atom. The molecule has 2 N–H and O–H groups in total. The van der Waals surface area contributed by atoms with Gasteiger partial charge in [-0.05, 0) is 35.9 Å². The molecule has 0 atom stereocenters. The molecule has 0 saturated carbocycles. The smallest absolute Gasteiger partial charge is 0.258 e. The van der Waals surface area contributed by atoms with Crippen molar-refractivity contribution in [1.29, 1.82) is 0 Å². The van der Waals surface area contributed by atoms with Crippen LogP contribution in [0.2, 0.25) is 0 Å². The number of benzene rings is 3. The maximum absolute atomic E-state index is 12.1. The van der Waals surface area contributed by atoms with E-state index in [2.05, 4.69) is 15.3 Å². The van der Waals surface area contributed by atoms with Crippen LogP contribution in [0.4, 0.5) is 0 Å². The van der Waals surface area contributed by atoms with Crippen molar-refractivity contribution in [1.82, 2.24) is 15.3 Å². The zero-order chi connectivity index (χ0) is 20.1. The van der Waals surface area contributed by atoms with Crippen molar-refractivity contribution in [3.05, 3.63) is 78.4 Å². The first-order valence-electron chi connectivity index (χ1n) is 9.29. The van der Waals surface area contributed by atoms with E-state index >= 15 is 0 Å². The van der Waals surface area contributed by atoms with E-state index < -0.39 is 0 Å². The third-order valence-corrected chi connectivity index (χ3v) is 4.52. The zero-order valence-electron chi connectivity index (χ0n) is 16.0. The standard InChI is InChI=1S/C23H21N3O3/c1-28-21-13-17(23-25-18-9-5-6-10-19(18)26-23)11-12-20(21)29-15-22(27)24-14-16-7-3-2-4-8-16/h2-13H,14-15H2,1H3,(H,24,27)(H,25,26). The van der Waals surface area contributed by atoms with Crippen molar-refractivity contribution in [2.75, 3.05) is 13.7 Å². The molecule has 1 amide bonds. The second-order valence-corrected chi connectivity index (χ2v) is 6.52. The van der Waals surface area contributed by atoms with Crippen molar-refractivity contribution < 1.29 is 14.3 Å². The predicted octanol–water partition coefficient (Wildman–Crippen LogP) is 3.93. The molecule has 4 aromatic rings. The van der Waals surface area contributed by atoms with E-state index in [4.69, 9.17) is 9.47 Å². The van der Waals surface area contributed by atoms with Gasteiger partial charge in [0, 0.05) is 12.1 Å². The molecule has 6 heteroatoms. The van der Waals surface area contributed by atoms with Gasteiger partial charge in [0.05, 0.1) is 18.1 Å². The Balaban J connectivity index is 1.42. The lowest BCUT2D eigenvalue weighted by atomic mass is 10.2. The average Bonchev–Trinajstić information content (AvgIpc) is 3.21. The number of nitrogens with zero attached hydrogens (tertiary/aromatic N) is 1. The van der Waals surface area contributed by atoms with Gasteiger partial charge in [0.1, 0.15) is 5.82 Å². The molecule has 0 aliphatic rings. The number of hydrogen-bond acceptors (Lipinski definition) is 4. The number of nitrogens with one attached hydrogen (secondary N) is 2. The molecule has 0 bridgehead atoms. The fourth-order valence-corrected chi connectivity index (χ4v) is 3.01. The van der Waals surface area contributed by atoms with E-state index in [1.807, 2.05) is 66.7 Å². The van der Waals surface area contributed by atoms with Crippen LogP contribution in [0.25, 0.3) is 22.4 Å². The molecule has 1 heterocycles. The van der Waals surface area contributed by atoms with Gasteiger partial charge in [-0.1, -0.05) is 42.5 Å². The predicted molar refractivity (Wildman–Crippen MR) is 112 cm³/mol. The molecule has 3 aromatic carbocycles. The summed E-state index contributed by atoms with van der Waals surface area (Å²) in [7, 11) is 1.57. The summed E-state index contributed by atoms with van der Waals surface area (Å²) in [5.41, 5.74) is 3.78. The van der Waals surface area contributed by atoms with Gasteiger partial charge < -0.3 is 19.8 Å². The number of para-hydroxylation sites is 2. The molecule has 4 rings (SSSR count). The van der Waals surface area contributed by atoms with Crippen molar-refractivity contribution in [3.8, 4) is 22.9 Å².